The summed E-state index contributed by atoms with van der Waals surface area (Å²) in [6, 6.07) is 0.715. The van der Waals surface area contributed by atoms with Crippen LogP contribution in [0.4, 0.5) is 0 Å². The average Bonchev–Trinajstić information content (AvgIpc) is 2.22. The lowest BCUT2D eigenvalue weighted by Gasteiger charge is -1.86. The van der Waals surface area contributed by atoms with E-state index >= 15 is 0 Å². The molecule has 1 saturated heterocycles. The van der Waals surface area contributed by atoms with Crippen molar-refractivity contribution in [2.45, 2.75) is 25.8 Å². The highest BCUT2D eigenvalue weighted by molar-refractivity contribution is 6.15. The molecule has 0 amide bonds. The van der Waals surface area contributed by atoms with E-state index in [-0.39, 0.29) is 0 Å². The molecule has 42 valence electrons. The Labute approximate surface area is 49.4 Å². The zero-order valence-electron chi connectivity index (χ0n) is 4.52. The fourth-order valence-corrected chi connectivity index (χ4v) is 0.976. The summed E-state index contributed by atoms with van der Waals surface area (Å²) in [6.45, 7) is 3.29. The Hall–Kier alpha value is 0.250. The van der Waals surface area contributed by atoms with Crippen LogP contribution < -0.4 is 0 Å². The second-order valence-electron chi connectivity index (χ2n) is 2.02. The van der Waals surface area contributed by atoms with Crippen LogP contribution in [0.2, 0.25) is 0 Å². The maximum Gasteiger partial charge on any atom is 0.0392 e. The zero-order chi connectivity index (χ0) is 5.28. The number of rotatable bonds is 2. The molecule has 0 radical (unpaired) electrons. The Kier molecular flexibility index (Phi) is 1.55. The minimum absolute atomic E-state index is 0.715. The minimum atomic E-state index is 0.715. The second kappa shape index (κ2) is 2.01. The molecule has 0 spiro atoms. The van der Waals surface area contributed by atoms with Crippen molar-refractivity contribution in [2.75, 3.05) is 6.54 Å². The van der Waals surface area contributed by atoms with Gasteiger partial charge in [0.05, 0.1) is 0 Å². The van der Waals surface area contributed by atoms with Gasteiger partial charge in [0.1, 0.15) is 0 Å². The molecule has 2 unspecified atom stereocenters. The predicted octanol–water partition coefficient (Wildman–Crippen LogP) is 1.62. The lowest BCUT2D eigenvalue weighted by molar-refractivity contribution is 0.694. The molecule has 0 aliphatic carbocycles. The Morgan fingerprint density at radius 2 is 2.43 bits per heavy atom. The lowest BCUT2D eigenvalue weighted by atomic mass is 10.3. The average molecular weight is 120 g/mol. The first kappa shape index (κ1) is 5.39. The predicted molar refractivity (Wildman–Crippen MR) is 31.3 cm³/mol. The fraction of sp³-hybridized carbons (Fsp3) is 1.00. The molecule has 7 heavy (non-hydrogen) atoms. The largest absolute Gasteiger partial charge is 0.214 e. The molecule has 1 aliphatic rings. The summed E-state index contributed by atoms with van der Waals surface area (Å²) in [6.07, 6.45) is 2.53. The molecule has 0 N–H and O–H groups in total. The molecule has 2 heteroatoms. The molecule has 1 aliphatic heterocycles. The van der Waals surface area contributed by atoms with Crippen molar-refractivity contribution in [1.29, 1.82) is 0 Å². The summed E-state index contributed by atoms with van der Waals surface area (Å²) in [5.74, 6) is 0. The van der Waals surface area contributed by atoms with E-state index < -0.39 is 0 Å². The molecule has 0 bridgehead atoms. The van der Waals surface area contributed by atoms with Crippen LogP contribution in [0, 0.1) is 0 Å². The van der Waals surface area contributed by atoms with E-state index in [1.807, 2.05) is 4.42 Å². The Morgan fingerprint density at radius 3 is 2.57 bits per heavy atom. The van der Waals surface area contributed by atoms with Crippen molar-refractivity contribution in [3.63, 3.8) is 0 Å². The molecule has 2 atom stereocenters. The summed E-state index contributed by atoms with van der Waals surface area (Å²) in [4.78, 5) is 0. The van der Waals surface area contributed by atoms with Crippen molar-refractivity contribution in [3.05, 3.63) is 0 Å². The van der Waals surface area contributed by atoms with Gasteiger partial charge in [0.2, 0.25) is 0 Å². The van der Waals surface area contributed by atoms with E-state index in [1.54, 1.807) is 0 Å². The first-order valence-corrected chi connectivity index (χ1v) is 3.11. The Balaban J connectivity index is 1.98. The van der Waals surface area contributed by atoms with Crippen molar-refractivity contribution in [1.82, 2.24) is 4.42 Å². The second-order valence-corrected chi connectivity index (χ2v) is 2.46. The lowest BCUT2D eigenvalue weighted by Crippen LogP contribution is -1.85. The van der Waals surface area contributed by atoms with Crippen LogP contribution in [0.15, 0.2) is 0 Å². The highest BCUT2D eigenvalue weighted by atomic mass is 35.5. The van der Waals surface area contributed by atoms with Gasteiger partial charge in [-0.2, -0.15) is 0 Å². The van der Waals surface area contributed by atoms with Gasteiger partial charge in [0.15, 0.2) is 0 Å². The van der Waals surface area contributed by atoms with Gasteiger partial charge >= 0.3 is 0 Å². The molecule has 0 saturated carbocycles. The third kappa shape index (κ3) is 1.32. The van der Waals surface area contributed by atoms with Crippen LogP contribution >= 0.6 is 11.8 Å². The van der Waals surface area contributed by atoms with Gasteiger partial charge in [-0.05, 0) is 18.2 Å². The van der Waals surface area contributed by atoms with E-state index in [1.165, 1.54) is 12.8 Å². The van der Waals surface area contributed by atoms with E-state index in [2.05, 4.69) is 6.92 Å². The van der Waals surface area contributed by atoms with Gasteiger partial charge in [-0.25, -0.2) is 4.42 Å². The number of hydrogen-bond acceptors (Lipinski definition) is 1. The third-order valence-corrected chi connectivity index (χ3v) is 1.68. The van der Waals surface area contributed by atoms with Gasteiger partial charge in [-0.3, -0.25) is 0 Å². The zero-order valence-corrected chi connectivity index (χ0v) is 5.28. The monoisotopic (exact) mass is 119 g/mol. The summed E-state index contributed by atoms with van der Waals surface area (Å²) < 4.78 is 1.85. The highest BCUT2D eigenvalue weighted by Crippen LogP contribution is 2.23. The number of halogens is 1. The molecule has 1 fully saturated rings. The summed E-state index contributed by atoms with van der Waals surface area (Å²) in [7, 11) is 0. The van der Waals surface area contributed by atoms with Gasteiger partial charge in [-0.1, -0.05) is 13.3 Å². The van der Waals surface area contributed by atoms with Crippen molar-refractivity contribution in [3.8, 4) is 0 Å². The smallest absolute Gasteiger partial charge is 0.0392 e. The molecule has 0 aromatic heterocycles. The Morgan fingerprint density at radius 1 is 1.86 bits per heavy atom. The van der Waals surface area contributed by atoms with Crippen molar-refractivity contribution >= 4 is 11.8 Å². The molecular weight excluding hydrogens is 110 g/mol. The molecule has 1 rings (SSSR count). The Bertz CT molecular complexity index is 65.1. The minimum Gasteiger partial charge on any atom is -0.214 e. The molecule has 0 aromatic rings. The van der Waals surface area contributed by atoms with E-state index in [0.717, 1.165) is 6.54 Å². The number of hydrogen-bond donors (Lipinski definition) is 0. The third-order valence-electron chi connectivity index (χ3n) is 1.27. The quantitative estimate of drug-likeness (QED) is 0.395. The van der Waals surface area contributed by atoms with Crippen LogP contribution in [-0.2, 0) is 0 Å². The summed E-state index contributed by atoms with van der Waals surface area (Å²) >= 11 is 5.56. The topological polar surface area (TPSA) is 3.01 Å². The molecule has 0 aromatic carbocycles. The van der Waals surface area contributed by atoms with Gasteiger partial charge in [0, 0.05) is 12.6 Å². The first-order valence-electron chi connectivity index (χ1n) is 2.77. The van der Waals surface area contributed by atoms with Crippen LogP contribution in [0.1, 0.15) is 19.8 Å². The van der Waals surface area contributed by atoms with Crippen molar-refractivity contribution < 1.29 is 0 Å². The van der Waals surface area contributed by atoms with Crippen molar-refractivity contribution in [2.24, 2.45) is 0 Å². The summed E-state index contributed by atoms with van der Waals surface area (Å²) in [5.41, 5.74) is 0. The van der Waals surface area contributed by atoms with E-state index in [9.17, 15) is 0 Å². The van der Waals surface area contributed by atoms with Crippen LogP contribution in [0.5, 0.6) is 0 Å². The highest BCUT2D eigenvalue weighted by Gasteiger charge is 2.30. The normalized spacial score (nSPS) is 38.6. The fourth-order valence-electron chi connectivity index (χ4n) is 0.719. The van der Waals surface area contributed by atoms with Gasteiger partial charge < -0.3 is 0 Å². The van der Waals surface area contributed by atoms with E-state index in [4.69, 9.17) is 11.8 Å². The number of nitrogens with zero attached hydrogens (tertiary/aromatic N) is 1. The van der Waals surface area contributed by atoms with Gasteiger partial charge in [0.25, 0.3) is 0 Å². The summed E-state index contributed by atoms with van der Waals surface area (Å²) in [5, 5.41) is 0. The van der Waals surface area contributed by atoms with Crippen LogP contribution in [0.3, 0.4) is 0 Å². The SMILES string of the molecule is CCCC1CN1Cl. The van der Waals surface area contributed by atoms with Crippen LogP contribution in [-0.4, -0.2) is 17.0 Å². The molecule has 1 nitrogen and oxygen atoms in total. The standard InChI is InChI=1S/C5H10ClN/c1-2-3-5-4-7(5)6/h5H,2-4H2,1H3. The maximum absolute atomic E-state index is 5.56. The van der Waals surface area contributed by atoms with Gasteiger partial charge in [-0.15, -0.1) is 0 Å². The molecular formula is C5H10ClN. The first-order chi connectivity index (χ1) is 3.34. The maximum atomic E-state index is 5.56. The molecule has 1 heterocycles. The van der Waals surface area contributed by atoms with E-state index in [0.29, 0.717) is 6.04 Å². The van der Waals surface area contributed by atoms with Crippen LogP contribution in [0.25, 0.3) is 0 Å².